The van der Waals surface area contributed by atoms with Crippen molar-refractivity contribution in [2.24, 2.45) is 0 Å². The number of hydrogen-bond donors (Lipinski definition) is 2. The van der Waals surface area contributed by atoms with E-state index in [-0.39, 0.29) is 12.5 Å². The molecule has 1 aliphatic heterocycles. The van der Waals surface area contributed by atoms with Crippen LogP contribution in [0.3, 0.4) is 0 Å². The Morgan fingerprint density at radius 1 is 1.02 bits per heavy atom. The van der Waals surface area contributed by atoms with Crippen LogP contribution in [0.2, 0.25) is 5.02 Å². The van der Waals surface area contributed by atoms with Crippen LogP contribution in [0.15, 0.2) is 78.3 Å². The SMILES string of the molecule is COc1ccc(NC(=O)C2=C(C)Nc3ncnn3C2c2cccc(OC)c2OCc2ccc(Cl)cc2)c(OC)c1. The van der Waals surface area contributed by atoms with Crippen molar-refractivity contribution >= 4 is 29.1 Å². The summed E-state index contributed by atoms with van der Waals surface area (Å²) in [4.78, 5) is 18.3. The molecule has 1 aromatic heterocycles. The van der Waals surface area contributed by atoms with E-state index in [0.717, 1.165) is 5.56 Å². The van der Waals surface area contributed by atoms with Crippen LogP contribution >= 0.6 is 11.6 Å². The first kappa shape index (κ1) is 26.9. The quantitative estimate of drug-likeness (QED) is 0.277. The number of fused-ring (bicyclic) bond motifs is 1. The van der Waals surface area contributed by atoms with E-state index in [0.29, 0.717) is 56.5 Å². The predicted molar refractivity (Wildman–Crippen MR) is 151 cm³/mol. The third kappa shape index (κ3) is 5.26. The Bertz CT molecular complexity index is 1570. The van der Waals surface area contributed by atoms with Gasteiger partial charge in [0, 0.05) is 22.3 Å². The lowest BCUT2D eigenvalue weighted by atomic mass is 9.93. The van der Waals surface area contributed by atoms with E-state index in [4.69, 9.17) is 30.5 Å². The molecule has 1 aliphatic rings. The number of anilines is 2. The summed E-state index contributed by atoms with van der Waals surface area (Å²) in [5, 5.41) is 11.3. The number of hydrogen-bond acceptors (Lipinski definition) is 8. The van der Waals surface area contributed by atoms with Gasteiger partial charge in [-0.2, -0.15) is 10.1 Å². The Morgan fingerprint density at radius 2 is 1.80 bits per heavy atom. The average molecular weight is 562 g/mol. The zero-order valence-electron chi connectivity index (χ0n) is 22.4. The summed E-state index contributed by atoms with van der Waals surface area (Å²) in [6, 6.07) is 17.4. The van der Waals surface area contributed by atoms with Crippen molar-refractivity contribution in [3.05, 3.63) is 94.4 Å². The van der Waals surface area contributed by atoms with Crippen LogP contribution in [0, 0.1) is 0 Å². The smallest absolute Gasteiger partial charge is 0.255 e. The number of amides is 1. The first-order valence-corrected chi connectivity index (χ1v) is 12.8. The lowest BCUT2D eigenvalue weighted by Gasteiger charge is -2.30. The molecular formula is C29H28ClN5O5. The summed E-state index contributed by atoms with van der Waals surface area (Å²) in [5.41, 5.74) is 3.11. The molecule has 0 fully saturated rings. The van der Waals surface area contributed by atoms with E-state index >= 15 is 0 Å². The number of aromatic nitrogens is 3. The number of ether oxygens (including phenoxy) is 4. The molecule has 11 heteroatoms. The van der Waals surface area contributed by atoms with Crippen molar-refractivity contribution in [3.63, 3.8) is 0 Å². The summed E-state index contributed by atoms with van der Waals surface area (Å²) in [7, 11) is 4.67. The highest BCUT2D eigenvalue weighted by atomic mass is 35.5. The highest BCUT2D eigenvalue weighted by Gasteiger charge is 2.36. The fourth-order valence-corrected chi connectivity index (χ4v) is 4.69. The van der Waals surface area contributed by atoms with Gasteiger partial charge in [0.25, 0.3) is 5.91 Å². The molecule has 206 valence electrons. The summed E-state index contributed by atoms with van der Waals surface area (Å²) in [5.74, 6) is 2.20. The second kappa shape index (κ2) is 11.6. The van der Waals surface area contributed by atoms with Crippen LogP contribution in [0.5, 0.6) is 23.0 Å². The van der Waals surface area contributed by atoms with Gasteiger partial charge in [-0.05, 0) is 42.8 Å². The van der Waals surface area contributed by atoms with Crippen molar-refractivity contribution in [1.82, 2.24) is 14.8 Å². The van der Waals surface area contributed by atoms with Crippen molar-refractivity contribution in [2.75, 3.05) is 32.0 Å². The lowest BCUT2D eigenvalue weighted by molar-refractivity contribution is -0.113. The number of allylic oxidation sites excluding steroid dienone is 1. The van der Waals surface area contributed by atoms with Crippen LogP contribution in [-0.4, -0.2) is 42.0 Å². The minimum atomic E-state index is -0.682. The molecule has 2 heterocycles. The molecule has 1 atom stereocenters. The maximum atomic E-state index is 14.0. The maximum Gasteiger partial charge on any atom is 0.255 e. The minimum absolute atomic E-state index is 0.257. The van der Waals surface area contributed by atoms with Crippen LogP contribution < -0.4 is 29.6 Å². The van der Waals surface area contributed by atoms with Crippen molar-refractivity contribution in [2.45, 2.75) is 19.6 Å². The third-order valence-electron chi connectivity index (χ3n) is 6.52. The number of carbonyl (C=O) groups excluding carboxylic acids is 1. The minimum Gasteiger partial charge on any atom is -0.497 e. The molecule has 3 aromatic carbocycles. The van der Waals surface area contributed by atoms with E-state index in [2.05, 4.69) is 20.7 Å². The molecular weight excluding hydrogens is 534 g/mol. The van der Waals surface area contributed by atoms with Gasteiger partial charge in [0.15, 0.2) is 11.5 Å². The maximum absolute atomic E-state index is 14.0. The number of nitrogens with zero attached hydrogens (tertiary/aromatic N) is 3. The van der Waals surface area contributed by atoms with E-state index in [1.165, 1.54) is 13.4 Å². The summed E-state index contributed by atoms with van der Waals surface area (Å²) in [6.45, 7) is 2.08. The first-order chi connectivity index (χ1) is 19.4. The second-order valence-corrected chi connectivity index (χ2v) is 9.34. The Kier molecular flexibility index (Phi) is 7.79. The zero-order valence-corrected chi connectivity index (χ0v) is 23.2. The Labute approximate surface area is 236 Å². The van der Waals surface area contributed by atoms with Crippen molar-refractivity contribution in [3.8, 4) is 23.0 Å². The number of rotatable bonds is 9. The molecule has 1 unspecified atom stereocenters. The monoisotopic (exact) mass is 561 g/mol. The van der Waals surface area contributed by atoms with Crippen LogP contribution in [0.4, 0.5) is 11.6 Å². The van der Waals surface area contributed by atoms with Gasteiger partial charge in [0.1, 0.15) is 30.5 Å². The Morgan fingerprint density at radius 3 is 2.52 bits per heavy atom. The van der Waals surface area contributed by atoms with Gasteiger partial charge in [-0.3, -0.25) is 4.79 Å². The Balaban J connectivity index is 1.56. The van der Waals surface area contributed by atoms with Crippen LogP contribution in [-0.2, 0) is 11.4 Å². The zero-order chi connectivity index (χ0) is 28.2. The highest BCUT2D eigenvalue weighted by Crippen LogP contribution is 2.43. The van der Waals surface area contributed by atoms with E-state index in [1.807, 2.05) is 37.3 Å². The van der Waals surface area contributed by atoms with Crippen LogP contribution in [0.25, 0.3) is 0 Å². The van der Waals surface area contributed by atoms with Gasteiger partial charge >= 0.3 is 0 Å². The molecule has 0 aliphatic carbocycles. The predicted octanol–water partition coefficient (Wildman–Crippen LogP) is 5.46. The first-order valence-electron chi connectivity index (χ1n) is 12.4. The molecule has 1 amide bonds. The number of carbonyl (C=O) groups is 1. The number of nitrogens with one attached hydrogen (secondary N) is 2. The number of methoxy groups -OCH3 is 3. The van der Waals surface area contributed by atoms with E-state index in [9.17, 15) is 4.79 Å². The molecule has 0 saturated heterocycles. The number of benzene rings is 3. The Hall–Kier alpha value is -4.70. The standard InChI is InChI=1S/C29H28ClN5O5/c1-17-25(28(36)34-22-13-12-20(37-2)14-24(22)39-4)26(35-29(33-17)31-16-32-35)21-6-5-7-23(38-3)27(21)40-15-18-8-10-19(30)11-9-18/h5-14,16,26H,15H2,1-4H3,(H,34,36)(H,31,32,33). The largest absolute Gasteiger partial charge is 0.497 e. The van der Waals surface area contributed by atoms with Gasteiger partial charge in [-0.25, -0.2) is 4.68 Å². The molecule has 40 heavy (non-hydrogen) atoms. The van der Waals surface area contributed by atoms with Gasteiger partial charge in [0.2, 0.25) is 5.95 Å². The summed E-state index contributed by atoms with van der Waals surface area (Å²) >= 11 is 6.05. The van der Waals surface area contributed by atoms with Crippen LogP contribution in [0.1, 0.15) is 24.1 Å². The van der Waals surface area contributed by atoms with E-state index < -0.39 is 6.04 Å². The normalized spacial score (nSPS) is 14.2. The summed E-state index contributed by atoms with van der Waals surface area (Å²) < 4.78 is 24.4. The number of para-hydroxylation sites is 1. The second-order valence-electron chi connectivity index (χ2n) is 8.91. The van der Waals surface area contributed by atoms with Gasteiger partial charge in [0.05, 0.1) is 32.6 Å². The third-order valence-corrected chi connectivity index (χ3v) is 6.77. The van der Waals surface area contributed by atoms with Crippen molar-refractivity contribution in [1.29, 1.82) is 0 Å². The molecule has 0 spiro atoms. The van der Waals surface area contributed by atoms with Gasteiger partial charge < -0.3 is 29.6 Å². The molecule has 10 nitrogen and oxygen atoms in total. The molecule has 0 radical (unpaired) electrons. The molecule has 0 saturated carbocycles. The fraction of sp³-hybridized carbons (Fsp3) is 0.207. The molecule has 5 rings (SSSR count). The topological polar surface area (TPSA) is 109 Å². The molecule has 0 bridgehead atoms. The van der Waals surface area contributed by atoms with Gasteiger partial charge in [-0.1, -0.05) is 35.9 Å². The van der Waals surface area contributed by atoms with Crippen molar-refractivity contribution < 1.29 is 23.7 Å². The van der Waals surface area contributed by atoms with Gasteiger partial charge in [-0.15, -0.1) is 0 Å². The average Bonchev–Trinajstić information content (AvgIpc) is 3.44. The fourth-order valence-electron chi connectivity index (χ4n) is 4.56. The highest BCUT2D eigenvalue weighted by molar-refractivity contribution is 6.30. The molecule has 2 N–H and O–H groups in total. The van der Waals surface area contributed by atoms with E-state index in [1.54, 1.807) is 49.2 Å². The summed E-state index contributed by atoms with van der Waals surface area (Å²) in [6.07, 6.45) is 1.43. The number of halogens is 1. The molecule has 4 aromatic rings. The lowest BCUT2D eigenvalue weighted by Crippen LogP contribution is -2.32.